The SMILES string of the molecule is CC(C(SC(N)=O)SC(N)=O)N(C)C.Cl. The van der Waals surface area contributed by atoms with Gasteiger partial charge >= 0.3 is 0 Å². The first-order valence-electron chi connectivity index (χ1n) is 3.93. The summed E-state index contributed by atoms with van der Waals surface area (Å²) in [6.07, 6.45) is 0. The number of hydrogen-bond donors (Lipinski definition) is 2. The molecule has 0 bridgehead atoms. The second kappa shape index (κ2) is 8.09. The number of nitrogens with zero attached hydrogens (tertiary/aromatic N) is 1. The molecular weight excluding hydrogens is 258 g/mol. The summed E-state index contributed by atoms with van der Waals surface area (Å²) in [4.78, 5) is 23.3. The highest BCUT2D eigenvalue weighted by Gasteiger charge is 2.24. The highest BCUT2D eigenvalue weighted by molar-refractivity contribution is 8.29. The molecule has 0 saturated heterocycles. The average Bonchev–Trinajstić information content (AvgIpc) is 1.99. The van der Waals surface area contributed by atoms with Gasteiger partial charge in [-0.1, -0.05) is 0 Å². The zero-order chi connectivity index (χ0) is 11.3. The molecule has 1 atom stereocenters. The lowest BCUT2D eigenvalue weighted by molar-refractivity contribution is 0.266. The molecule has 0 aliphatic carbocycles. The number of carbonyl (C=O) groups excluding carboxylic acids is 2. The Kier molecular flexibility index (Phi) is 9.33. The molecule has 0 radical (unpaired) electrons. The lowest BCUT2D eigenvalue weighted by Gasteiger charge is -2.26. The number of primary amides is 2. The minimum Gasteiger partial charge on any atom is -0.360 e. The first kappa shape index (κ1) is 17.3. The van der Waals surface area contributed by atoms with Crippen molar-refractivity contribution in [2.24, 2.45) is 11.5 Å². The predicted octanol–water partition coefficient (Wildman–Crippen LogP) is 1.31. The lowest BCUT2D eigenvalue weighted by Crippen LogP contribution is -2.35. The number of amides is 2. The summed E-state index contributed by atoms with van der Waals surface area (Å²) in [5.74, 6) is 0. The third-order valence-corrected chi connectivity index (χ3v) is 3.97. The summed E-state index contributed by atoms with van der Waals surface area (Å²) in [5.41, 5.74) is 10.1. The average molecular weight is 274 g/mol. The van der Waals surface area contributed by atoms with Gasteiger partial charge in [-0.25, -0.2) is 0 Å². The molecule has 8 heteroatoms. The van der Waals surface area contributed by atoms with E-state index in [0.29, 0.717) is 0 Å². The summed E-state index contributed by atoms with van der Waals surface area (Å²) in [6, 6.07) is 0.0324. The van der Waals surface area contributed by atoms with Crippen LogP contribution in [-0.2, 0) is 0 Å². The van der Waals surface area contributed by atoms with Crippen LogP contribution < -0.4 is 11.5 Å². The first-order valence-corrected chi connectivity index (χ1v) is 5.69. The van der Waals surface area contributed by atoms with E-state index in [4.69, 9.17) is 11.5 Å². The summed E-state index contributed by atoms with van der Waals surface area (Å²) < 4.78 is -0.264. The third kappa shape index (κ3) is 7.78. The number of nitrogens with two attached hydrogens (primary N) is 2. The van der Waals surface area contributed by atoms with Gasteiger partial charge in [-0.15, -0.1) is 12.4 Å². The van der Waals surface area contributed by atoms with Crippen LogP contribution in [0.2, 0.25) is 0 Å². The van der Waals surface area contributed by atoms with E-state index in [9.17, 15) is 9.59 Å². The van der Waals surface area contributed by atoms with Crippen molar-refractivity contribution < 1.29 is 9.59 Å². The molecule has 0 spiro atoms. The van der Waals surface area contributed by atoms with Crippen LogP contribution in [0, 0.1) is 0 Å². The third-order valence-electron chi connectivity index (χ3n) is 1.67. The first-order chi connectivity index (χ1) is 6.34. The van der Waals surface area contributed by atoms with Gasteiger partial charge in [0.05, 0.1) is 4.58 Å². The number of hydrogen-bond acceptors (Lipinski definition) is 5. The minimum absolute atomic E-state index is 0. The van der Waals surface area contributed by atoms with E-state index >= 15 is 0 Å². The Labute approximate surface area is 104 Å². The van der Waals surface area contributed by atoms with E-state index < -0.39 is 10.5 Å². The maximum absolute atomic E-state index is 10.7. The molecule has 0 saturated carbocycles. The van der Waals surface area contributed by atoms with Crippen LogP contribution in [0.5, 0.6) is 0 Å². The quantitative estimate of drug-likeness (QED) is 0.754. The number of halogens is 1. The number of rotatable bonds is 4. The molecule has 0 aromatic heterocycles. The summed E-state index contributed by atoms with van der Waals surface area (Å²) >= 11 is 1.85. The molecule has 1 unspecified atom stereocenters. The van der Waals surface area contributed by atoms with Gasteiger partial charge in [0.25, 0.3) is 10.5 Å². The van der Waals surface area contributed by atoms with Gasteiger partial charge in [0, 0.05) is 6.04 Å². The fourth-order valence-electron chi connectivity index (χ4n) is 0.693. The minimum atomic E-state index is -0.502. The molecule has 0 aliphatic rings. The number of thioether (sulfide) groups is 2. The van der Waals surface area contributed by atoms with Crippen molar-refractivity contribution in [2.75, 3.05) is 14.1 Å². The highest BCUT2D eigenvalue weighted by atomic mass is 35.5. The monoisotopic (exact) mass is 273 g/mol. The van der Waals surface area contributed by atoms with Crippen LogP contribution in [0.4, 0.5) is 9.59 Å². The van der Waals surface area contributed by atoms with Crippen LogP contribution >= 0.6 is 35.9 Å². The largest absolute Gasteiger partial charge is 0.360 e. The molecule has 0 aromatic carbocycles. The molecule has 90 valence electrons. The number of carbonyl (C=O) groups is 2. The molecule has 2 amide bonds. The standard InChI is InChI=1S/C7H15N3O2S2.ClH/c1-4(10(2)3)5(13-6(8)11)14-7(9)12;/h4-5H,1-3H3,(H2,8,11)(H2,9,12);1H. The fourth-order valence-corrected chi connectivity index (χ4v) is 2.79. The molecule has 0 rings (SSSR count). The van der Waals surface area contributed by atoms with Crippen LogP contribution in [0.25, 0.3) is 0 Å². The molecule has 15 heavy (non-hydrogen) atoms. The van der Waals surface area contributed by atoms with Gasteiger partial charge in [-0.05, 0) is 44.5 Å². The van der Waals surface area contributed by atoms with E-state index in [1.807, 2.05) is 25.9 Å². The van der Waals surface area contributed by atoms with Crippen molar-refractivity contribution in [3.63, 3.8) is 0 Å². The molecule has 0 fully saturated rings. The highest BCUT2D eigenvalue weighted by Crippen LogP contribution is 2.28. The van der Waals surface area contributed by atoms with Crippen LogP contribution in [0.15, 0.2) is 0 Å². The molecular formula is C7H16ClN3O2S2. The Balaban J connectivity index is 0. The second-order valence-corrected chi connectivity index (χ2v) is 5.54. The Morgan fingerprint density at radius 2 is 1.47 bits per heavy atom. The topological polar surface area (TPSA) is 89.4 Å². The van der Waals surface area contributed by atoms with Crippen LogP contribution in [0.1, 0.15) is 6.92 Å². The van der Waals surface area contributed by atoms with Crippen molar-refractivity contribution in [2.45, 2.75) is 17.5 Å². The Morgan fingerprint density at radius 3 is 1.67 bits per heavy atom. The van der Waals surface area contributed by atoms with Crippen molar-refractivity contribution in [3.8, 4) is 0 Å². The second-order valence-electron chi connectivity index (χ2n) is 2.95. The fraction of sp³-hybridized carbons (Fsp3) is 0.714. The van der Waals surface area contributed by atoms with E-state index in [1.54, 1.807) is 0 Å². The van der Waals surface area contributed by atoms with Gasteiger partial charge in [0.2, 0.25) is 0 Å². The van der Waals surface area contributed by atoms with Gasteiger partial charge in [0.15, 0.2) is 0 Å². The van der Waals surface area contributed by atoms with Gasteiger partial charge in [-0.3, -0.25) is 9.59 Å². The molecule has 5 nitrogen and oxygen atoms in total. The molecule has 0 aromatic rings. The zero-order valence-electron chi connectivity index (χ0n) is 8.80. The van der Waals surface area contributed by atoms with Crippen molar-refractivity contribution in [1.29, 1.82) is 0 Å². The van der Waals surface area contributed by atoms with E-state index in [1.165, 1.54) is 0 Å². The van der Waals surface area contributed by atoms with Crippen LogP contribution in [-0.4, -0.2) is 40.1 Å². The Morgan fingerprint density at radius 1 is 1.13 bits per heavy atom. The zero-order valence-corrected chi connectivity index (χ0v) is 11.2. The predicted molar refractivity (Wildman–Crippen MR) is 68.5 cm³/mol. The molecule has 4 N–H and O–H groups in total. The maximum Gasteiger partial charge on any atom is 0.277 e. The van der Waals surface area contributed by atoms with E-state index in [2.05, 4.69) is 0 Å². The van der Waals surface area contributed by atoms with Gasteiger partial charge < -0.3 is 16.4 Å². The van der Waals surface area contributed by atoms with Crippen molar-refractivity contribution in [3.05, 3.63) is 0 Å². The lowest BCUT2D eigenvalue weighted by atomic mass is 10.4. The summed E-state index contributed by atoms with van der Waals surface area (Å²) in [7, 11) is 3.72. The Bertz CT molecular complexity index is 212. The van der Waals surface area contributed by atoms with Gasteiger partial charge in [0.1, 0.15) is 0 Å². The Hall–Kier alpha value is -0.110. The van der Waals surface area contributed by atoms with E-state index in [0.717, 1.165) is 23.5 Å². The van der Waals surface area contributed by atoms with Crippen molar-refractivity contribution >= 4 is 46.4 Å². The van der Waals surface area contributed by atoms with E-state index in [-0.39, 0.29) is 23.0 Å². The smallest absolute Gasteiger partial charge is 0.277 e. The molecule has 0 heterocycles. The summed E-state index contributed by atoms with van der Waals surface area (Å²) in [6.45, 7) is 1.90. The summed E-state index contributed by atoms with van der Waals surface area (Å²) in [5, 5.41) is -1.00. The van der Waals surface area contributed by atoms with Gasteiger partial charge in [-0.2, -0.15) is 0 Å². The normalized spacial score (nSPS) is 12.3. The maximum atomic E-state index is 10.7. The molecule has 0 aliphatic heterocycles. The van der Waals surface area contributed by atoms with Crippen molar-refractivity contribution in [1.82, 2.24) is 4.90 Å². The van der Waals surface area contributed by atoms with Crippen LogP contribution in [0.3, 0.4) is 0 Å².